The first kappa shape index (κ1) is 22.3. The van der Waals surface area contributed by atoms with Crippen molar-refractivity contribution in [3.63, 3.8) is 0 Å². The number of thioether (sulfide) groups is 1. The standard InChI is InChI=1S/C20H26N2O4S2/c1-14-12-18(10-11-19(14)26-4)28(24,25)22(3)13-20(23)21-15(2)16-6-8-17(27-5)9-7-16/h6-12,15H,13H2,1-5H3,(H,21,23). The van der Waals surface area contributed by atoms with Crippen LogP contribution >= 0.6 is 11.8 Å². The van der Waals surface area contributed by atoms with Gasteiger partial charge in [0.1, 0.15) is 5.75 Å². The summed E-state index contributed by atoms with van der Waals surface area (Å²) in [5, 5.41) is 2.85. The van der Waals surface area contributed by atoms with Crippen LogP contribution in [0.5, 0.6) is 5.75 Å². The average Bonchev–Trinajstić information content (AvgIpc) is 2.67. The van der Waals surface area contributed by atoms with Gasteiger partial charge in [-0.3, -0.25) is 4.79 Å². The summed E-state index contributed by atoms with van der Waals surface area (Å²) in [6, 6.07) is 12.3. The van der Waals surface area contributed by atoms with Crippen LogP contribution in [0, 0.1) is 6.92 Å². The van der Waals surface area contributed by atoms with Gasteiger partial charge < -0.3 is 10.1 Å². The third-order valence-electron chi connectivity index (χ3n) is 4.43. The van der Waals surface area contributed by atoms with E-state index in [0.717, 1.165) is 14.8 Å². The molecule has 1 amide bonds. The third-order valence-corrected chi connectivity index (χ3v) is 6.98. The maximum absolute atomic E-state index is 12.7. The molecule has 0 aliphatic heterocycles. The Morgan fingerprint density at radius 1 is 1.21 bits per heavy atom. The monoisotopic (exact) mass is 422 g/mol. The third kappa shape index (κ3) is 5.27. The molecule has 0 aromatic heterocycles. The number of aryl methyl sites for hydroxylation is 1. The fourth-order valence-electron chi connectivity index (χ4n) is 2.74. The van der Waals surface area contributed by atoms with E-state index in [4.69, 9.17) is 4.74 Å². The highest BCUT2D eigenvalue weighted by Crippen LogP contribution is 2.23. The molecule has 0 radical (unpaired) electrons. The smallest absolute Gasteiger partial charge is 0.243 e. The van der Waals surface area contributed by atoms with E-state index < -0.39 is 10.0 Å². The maximum atomic E-state index is 12.7. The zero-order valence-electron chi connectivity index (χ0n) is 16.7. The van der Waals surface area contributed by atoms with Gasteiger partial charge in [-0.15, -0.1) is 11.8 Å². The largest absolute Gasteiger partial charge is 0.496 e. The van der Waals surface area contributed by atoms with Crippen molar-refractivity contribution < 1.29 is 17.9 Å². The van der Waals surface area contributed by atoms with Gasteiger partial charge in [0.2, 0.25) is 15.9 Å². The van der Waals surface area contributed by atoms with Gasteiger partial charge in [-0.25, -0.2) is 8.42 Å². The summed E-state index contributed by atoms with van der Waals surface area (Å²) < 4.78 is 31.7. The molecule has 0 saturated carbocycles. The molecule has 28 heavy (non-hydrogen) atoms. The first-order valence-corrected chi connectivity index (χ1v) is 11.4. The number of hydrogen-bond acceptors (Lipinski definition) is 5. The van der Waals surface area contributed by atoms with E-state index in [9.17, 15) is 13.2 Å². The average molecular weight is 423 g/mol. The number of nitrogens with one attached hydrogen (secondary N) is 1. The topological polar surface area (TPSA) is 75.7 Å². The number of benzene rings is 2. The second kappa shape index (κ2) is 9.45. The van der Waals surface area contributed by atoms with Gasteiger partial charge in [0.15, 0.2) is 0 Å². The number of carbonyl (C=O) groups excluding carboxylic acids is 1. The normalized spacial score (nSPS) is 12.6. The van der Waals surface area contributed by atoms with E-state index in [2.05, 4.69) is 5.32 Å². The van der Waals surface area contributed by atoms with Crippen LogP contribution in [0.15, 0.2) is 52.3 Å². The van der Waals surface area contributed by atoms with Crippen molar-refractivity contribution in [1.82, 2.24) is 9.62 Å². The molecule has 1 unspecified atom stereocenters. The van der Waals surface area contributed by atoms with Crippen LogP contribution in [-0.2, 0) is 14.8 Å². The summed E-state index contributed by atoms with van der Waals surface area (Å²) in [5.74, 6) is 0.249. The molecule has 0 bridgehead atoms. The minimum absolute atomic E-state index is 0.127. The first-order valence-electron chi connectivity index (χ1n) is 8.73. The molecule has 2 aromatic carbocycles. The Kier molecular flexibility index (Phi) is 7.51. The Hall–Kier alpha value is -2.03. The molecular formula is C20H26N2O4S2. The lowest BCUT2D eigenvalue weighted by Crippen LogP contribution is -2.39. The summed E-state index contributed by atoms with van der Waals surface area (Å²) in [5.41, 5.74) is 1.67. The van der Waals surface area contributed by atoms with Gasteiger partial charge in [0, 0.05) is 11.9 Å². The highest BCUT2D eigenvalue weighted by Gasteiger charge is 2.24. The Bertz CT molecular complexity index is 928. The molecule has 1 atom stereocenters. The van der Waals surface area contributed by atoms with Crippen LogP contribution in [-0.4, -0.2) is 45.6 Å². The predicted molar refractivity (Wildman–Crippen MR) is 112 cm³/mol. The van der Waals surface area contributed by atoms with E-state index in [1.165, 1.54) is 20.2 Å². The minimum atomic E-state index is -3.78. The quantitative estimate of drug-likeness (QED) is 0.661. The van der Waals surface area contributed by atoms with Gasteiger partial charge in [0.05, 0.1) is 24.6 Å². The Morgan fingerprint density at radius 3 is 2.39 bits per heavy atom. The minimum Gasteiger partial charge on any atom is -0.496 e. The first-order chi connectivity index (χ1) is 13.2. The van der Waals surface area contributed by atoms with E-state index in [1.54, 1.807) is 30.8 Å². The van der Waals surface area contributed by atoms with Crippen molar-refractivity contribution in [1.29, 1.82) is 0 Å². The molecule has 8 heteroatoms. The summed E-state index contributed by atoms with van der Waals surface area (Å²) in [6.45, 7) is 3.38. The van der Waals surface area contributed by atoms with E-state index in [0.29, 0.717) is 11.3 Å². The molecule has 0 aliphatic rings. The predicted octanol–water partition coefficient (Wildman–Crippen LogP) is 3.22. The van der Waals surface area contributed by atoms with Crippen LogP contribution in [0.2, 0.25) is 0 Å². The maximum Gasteiger partial charge on any atom is 0.243 e. The van der Waals surface area contributed by atoms with Crippen LogP contribution in [0.25, 0.3) is 0 Å². The zero-order valence-corrected chi connectivity index (χ0v) is 18.4. The van der Waals surface area contributed by atoms with E-state index >= 15 is 0 Å². The molecule has 0 aliphatic carbocycles. The fraction of sp³-hybridized carbons (Fsp3) is 0.350. The van der Waals surface area contributed by atoms with Gasteiger partial charge in [-0.1, -0.05) is 12.1 Å². The van der Waals surface area contributed by atoms with Crippen molar-refractivity contribution in [2.24, 2.45) is 0 Å². The SMILES string of the molecule is COc1ccc(S(=O)(=O)N(C)CC(=O)NC(C)c2ccc(SC)cc2)cc1C. The Balaban J connectivity index is 2.04. The fourth-order valence-corrected chi connectivity index (χ4v) is 4.36. The molecule has 152 valence electrons. The van der Waals surface area contributed by atoms with Crippen molar-refractivity contribution in [2.45, 2.75) is 29.7 Å². The number of sulfonamides is 1. The van der Waals surface area contributed by atoms with Gasteiger partial charge in [-0.05, 0) is 61.6 Å². The second-order valence-corrected chi connectivity index (χ2v) is 9.38. The van der Waals surface area contributed by atoms with Crippen molar-refractivity contribution in [2.75, 3.05) is 27.0 Å². The lowest BCUT2D eigenvalue weighted by Gasteiger charge is -2.20. The summed E-state index contributed by atoms with van der Waals surface area (Å²) in [7, 11) is -0.851. The highest BCUT2D eigenvalue weighted by atomic mass is 32.2. The molecular weight excluding hydrogens is 396 g/mol. The molecule has 6 nitrogen and oxygen atoms in total. The Labute approximate surface area is 171 Å². The number of likely N-dealkylation sites (N-methyl/N-ethyl adjacent to an activating group) is 1. The van der Waals surface area contributed by atoms with Crippen molar-refractivity contribution >= 4 is 27.7 Å². The number of nitrogens with zero attached hydrogens (tertiary/aromatic N) is 1. The summed E-state index contributed by atoms with van der Waals surface area (Å²) >= 11 is 1.65. The van der Waals surface area contributed by atoms with Crippen molar-refractivity contribution in [3.05, 3.63) is 53.6 Å². The molecule has 0 spiro atoms. The van der Waals surface area contributed by atoms with E-state index in [-0.39, 0.29) is 23.4 Å². The molecule has 2 aromatic rings. The van der Waals surface area contributed by atoms with Crippen molar-refractivity contribution in [3.8, 4) is 5.75 Å². The lowest BCUT2D eigenvalue weighted by atomic mass is 10.1. The molecule has 1 N–H and O–H groups in total. The van der Waals surface area contributed by atoms with Crippen LogP contribution in [0.1, 0.15) is 24.1 Å². The zero-order chi connectivity index (χ0) is 20.9. The van der Waals surface area contributed by atoms with Gasteiger partial charge in [0.25, 0.3) is 0 Å². The molecule has 0 heterocycles. The number of ether oxygens (including phenoxy) is 1. The number of hydrogen-bond donors (Lipinski definition) is 1. The summed E-state index contributed by atoms with van der Waals surface area (Å²) in [4.78, 5) is 13.6. The number of methoxy groups -OCH3 is 1. The van der Waals surface area contributed by atoms with Gasteiger partial charge >= 0.3 is 0 Å². The van der Waals surface area contributed by atoms with Crippen LogP contribution in [0.3, 0.4) is 0 Å². The highest BCUT2D eigenvalue weighted by molar-refractivity contribution is 7.98. The number of carbonyl (C=O) groups is 1. The van der Waals surface area contributed by atoms with Crippen LogP contribution < -0.4 is 10.1 Å². The number of rotatable bonds is 8. The molecule has 0 saturated heterocycles. The van der Waals surface area contributed by atoms with Crippen LogP contribution in [0.4, 0.5) is 0 Å². The number of amides is 1. The van der Waals surface area contributed by atoms with Gasteiger partial charge in [-0.2, -0.15) is 4.31 Å². The lowest BCUT2D eigenvalue weighted by molar-refractivity contribution is -0.121. The second-order valence-electron chi connectivity index (χ2n) is 6.45. The Morgan fingerprint density at radius 2 is 1.86 bits per heavy atom. The molecule has 2 rings (SSSR count). The van der Waals surface area contributed by atoms with E-state index in [1.807, 2.05) is 37.4 Å². The summed E-state index contributed by atoms with van der Waals surface area (Å²) in [6.07, 6.45) is 2.00. The molecule has 0 fully saturated rings.